The van der Waals surface area contributed by atoms with Gasteiger partial charge >= 0.3 is 7.82 Å². The Bertz CT molecular complexity index is 1760. The number of ether oxygens (including phenoxy) is 2. The molecule has 16 heteroatoms. The Balaban J connectivity index is 1.04. The summed E-state index contributed by atoms with van der Waals surface area (Å²) < 4.78 is 51.6. The summed E-state index contributed by atoms with van der Waals surface area (Å²) in [6.07, 6.45) is 17.8. The highest BCUT2D eigenvalue weighted by Gasteiger charge is 2.82. The number of benzene rings is 1. The van der Waals surface area contributed by atoms with Crippen LogP contribution in [-0.2, 0) is 35.2 Å². The molecule has 1 aliphatic heterocycles. The second kappa shape index (κ2) is 21.3. The monoisotopic (exact) mass is 839 g/mol. The Kier molecular flexibility index (Phi) is 17.2. The van der Waals surface area contributed by atoms with Gasteiger partial charge in [0.2, 0.25) is 0 Å². The van der Waals surface area contributed by atoms with Crippen molar-refractivity contribution < 1.29 is 42.6 Å². The van der Waals surface area contributed by atoms with E-state index in [2.05, 4.69) is 17.0 Å². The molecule has 2 unspecified atom stereocenters. The molecule has 3 heterocycles. The summed E-state index contributed by atoms with van der Waals surface area (Å²) in [4.78, 5) is 16.6. The molecule has 0 radical (unpaired) electrons. The largest absolute Gasteiger partial charge is 0.472 e. The van der Waals surface area contributed by atoms with E-state index < -0.39 is 49.2 Å². The predicted octanol–water partition coefficient (Wildman–Crippen LogP) is 8.10. The van der Waals surface area contributed by atoms with Gasteiger partial charge in [-0.05, 0) is 50.2 Å². The quantitative estimate of drug-likeness (QED) is 0.0409. The molecule has 2 aromatic heterocycles. The lowest BCUT2D eigenvalue weighted by atomic mass is 9.91. The van der Waals surface area contributed by atoms with Crippen molar-refractivity contribution >= 4 is 30.8 Å². The Morgan fingerprint density at radius 2 is 1.61 bits per heavy atom. The number of phosphoric acid groups is 1. The highest BCUT2D eigenvalue weighted by molar-refractivity contribution is 7.47. The lowest BCUT2D eigenvalue weighted by Crippen LogP contribution is -2.46. The van der Waals surface area contributed by atoms with Crippen LogP contribution in [0, 0.1) is 5.82 Å². The van der Waals surface area contributed by atoms with E-state index in [1.165, 1.54) is 106 Å². The number of nitrogens with zero attached hydrogens (tertiary/aromatic N) is 4. The van der Waals surface area contributed by atoms with E-state index in [0.29, 0.717) is 24.4 Å². The van der Waals surface area contributed by atoms with Crippen molar-refractivity contribution in [3.8, 4) is 0 Å². The Morgan fingerprint density at radius 3 is 2.19 bits per heavy atom. The normalized spacial score (nSPS) is 24.6. The number of anilines is 1. The molecule has 3 aromatic rings. The minimum atomic E-state index is -4.77. The maximum Gasteiger partial charge on any atom is 0.472 e. The minimum absolute atomic E-state index is 0.00214. The molecule has 13 nitrogen and oxygen atoms in total. The summed E-state index contributed by atoms with van der Waals surface area (Å²) in [6.45, 7) is 4.64. The van der Waals surface area contributed by atoms with Crippen molar-refractivity contribution in [2.75, 3.05) is 32.6 Å². The first-order chi connectivity index (χ1) is 27.3. The number of hydrogen-bond donors (Lipinski definition) is 4. The van der Waals surface area contributed by atoms with Crippen LogP contribution >= 0.6 is 19.4 Å². The van der Waals surface area contributed by atoms with Crippen molar-refractivity contribution in [2.45, 2.75) is 159 Å². The van der Waals surface area contributed by atoms with Crippen molar-refractivity contribution in [1.29, 1.82) is 0 Å². The van der Waals surface area contributed by atoms with E-state index >= 15 is 0 Å². The van der Waals surface area contributed by atoms with Gasteiger partial charge in [-0.2, -0.15) is 5.10 Å². The number of likely N-dealkylation sites (N-methyl/N-ethyl adjacent to an activating group) is 1. The summed E-state index contributed by atoms with van der Waals surface area (Å²) in [6, 6.07) is 7.29. The number of unbranched alkanes of at least 4 members (excludes halogenated alkanes) is 15. The van der Waals surface area contributed by atoms with Crippen LogP contribution in [0.3, 0.4) is 0 Å². The van der Waals surface area contributed by atoms with Crippen LogP contribution in [0.4, 0.5) is 10.2 Å². The first-order valence-corrected chi connectivity index (χ1v) is 22.7. The van der Waals surface area contributed by atoms with Crippen LogP contribution in [0.1, 0.15) is 128 Å². The van der Waals surface area contributed by atoms with Crippen LogP contribution < -0.4 is 5.73 Å². The molecule has 7 atom stereocenters. The average Bonchev–Trinajstić information content (AvgIpc) is 3.42. The van der Waals surface area contributed by atoms with Gasteiger partial charge < -0.3 is 30.3 Å². The van der Waals surface area contributed by atoms with Gasteiger partial charge in [-0.25, -0.2) is 18.5 Å². The summed E-state index contributed by atoms with van der Waals surface area (Å²) in [7, 11) is -2.97. The molecule has 0 amide bonds. The van der Waals surface area contributed by atoms with E-state index in [1.54, 1.807) is 32.2 Å². The number of nitrogens with two attached hydrogens (primary N) is 1. The molecule has 2 fully saturated rings. The van der Waals surface area contributed by atoms with Crippen molar-refractivity contribution in [1.82, 2.24) is 19.5 Å². The zero-order chi connectivity index (χ0) is 41.1. The Labute approximate surface area is 342 Å². The number of aliphatic hydroxyl groups excluding tert-OH is 1. The summed E-state index contributed by atoms with van der Waals surface area (Å²) in [5, 5.41) is 26.9. The standard InChI is InChI=1S/C41H64ClFN5O8P/c1-4-5-6-7-8-9-10-11-12-13-14-15-16-17-18-19-24-53-27-31(47(3)26-30-20-21-33(43)32(42)25-30)28-54-57(51,52)56-37-36-41(37,50)39(49)40(2,55-36)35-23-22-34-38(44)45-29-46-48(34)35/h20-23,25,29,31,36-37,39,49-50H,4-19,24,26-28H2,1-3H3,(H,51,52)(H2,44,45,46)/t31-,36-,37?,39+,40+,41+/m1/s1. The van der Waals surface area contributed by atoms with Gasteiger partial charge in [-0.15, -0.1) is 0 Å². The van der Waals surface area contributed by atoms with Gasteiger partial charge in [0.25, 0.3) is 0 Å². The molecule has 0 spiro atoms. The fourth-order valence-corrected chi connectivity index (χ4v) is 9.11. The second-order valence-corrected chi connectivity index (χ2v) is 17.9. The molecule has 1 saturated carbocycles. The van der Waals surface area contributed by atoms with E-state index in [4.69, 9.17) is 35.9 Å². The first kappa shape index (κ1) is 45.8. The molecular weight excluding hydrogens is 776 g/mol. The lowest BCUT2D eigenvalue weighted by molar-refractivity contribution is -0.126. The summed E-state index contributed by atoms with van der Waals surface area (Å²) in [5.41, 5.74) is 4.19. The number of rotatable bonds is 28. The van der Waals surface area contributed by atoms with E-state index in [9.17, 15) is 24.1 Å². The smallest absolute Gasteiger partial charge is 0.386 e. The third kappa shape index (κ3) is 12.0. The van der Waals surface area contributed by atoms with Crippen LogP contribution in [0.5, 0.6) is 0 Å². The van der Waals surface area contributed by atoms with Crippen molar-refractivity contribution in [3.05, 3.63) is 58.8 Å². The van der Waals surface area contributed by atoms with Crippen molar-refractivity contribution in [2.24, 2.45) is 0 Å². The molecule has 1 aromatic carbocycles. The number of fused-ring (bicyclic) bond motifs is 2. The molecule has 0 bridgehead atoms. The maximum absolute atomic E-state index is 13.8. The molecule has 5 rings (SSSR count). The number of halogens is 2. The number of aromatic nitrogens is 3. The second-order valence-electron chi connectivity index (χ2n) is 16.1. The zero-order valence-corrected chi connectivity index (χ0v) is 35.5. The van der Waals surface area contributed by atoms with Gasteiger partial charge in [-0.3, -0.25) is 13.9 Å². The van der Waals surface area contributed by atoms with Crippen LogP contribution in [-0.4, -0.2) is 91.4 Å². The fourth-order valence-electron chi connectivity index (χ4n) is 7.92. The minimum Gasteiger partial charge on any atom is -0.386 e. The molecule has 2 aliphatic rings. The number of hydrogen-bond acceptors (Lipinski definition) is 11. The molecule has 5 N–H and O–H groups in total. The van der Waals surface area contributed by atoms with Gasteiger partial charge in [0.15, 0.2) is 11.4 Å². The number of aliphatic hydroxyl groups is 2. The van der Waals surface area contributed by atoms with E-state index in [0.717, 1.165) is 24.8 Å². The average molecular weight is 840 g/mol. The molecule has 1 aliphatic carbocycles. The van der Waals surface area contributed by atoms with Crippen molar-refractivity contribution in [3.63, 3.8) is 0 Å². The van der Waals surface area contributed by atoms with Crippen LogP contribution in [0.25, 0.3) is 5.52 Å². The third-order valence-corrected chi connectivity index (χ3v) is 12.8. The lowest BCUT2D eigenvalue weighted by Gasteiger charge is -2.32. The molecule has 57 heavy (non-hydrogen) atoms. The zero-order valence-electron chi connectivity index (χ0n) is 33.9. The topological polar surface area (TPSA) is 174 Å². The van der Waals surface area contributed by atoms with E-state index in [-0.39, 0.29) is 24.1 Å². The summed E-state index contributed by atoms with van der Waals surface area (Å²) >= 11 is 6.02. The number of phosphoric ester groups is 1. The first-order valence-electron chi connectivity index (χ1n) is 20.9. The molecule has 1 saturated heterocycles. The number of nitrogen functional groups attached to an aromatic ring is 1. The highest BCUT2D eigenvalue weighted by Crippen LogP contribution is 2.63. The van der Waals surface area contributed by atoms with Gasteiger partial charge in [0, 0.05) is 13.2 Å². The van der Waals surface area contributed by atoms with Crippen LogP contribution in [0.2, 0.25) is 5.02 Å². The van der Waals surface area contributed by atoms with Gasteiger partial charge in [0.1, 0.15) is 41.6 Å². The Hall–Kier alpha value is -2.23. The maximum atomic E-state index is 13.8. The SMILES string of the molecule is CCCCCCCCCCCCCCCCCCOC[C@H](COP(=O)(O)OC1[C@H]2O[C@@](C)(c3ccc4c(N)ncnn34)[C@H](O)[C@@]12O)N(C)Cc1ccc(F)c(Cl)c1. The van der Waals surface area contributed by atoms with Gasteiger partial charge in [-0.1, -0.05) is 121 Å². The molecule has 320 valence electrons. The van der Waals surface area contributed by atoms with Gasteiger partial charge in [0.05, 0.1) is 30.0 Å². The fraction of sp³-hybridized carbons (Fsp3) is 0.707. The third-order valence-electron chi connectivity index (χ3n) is 11.6. The van der Waals surface area contributed by atoms with E-state index in [1.807, 2.05) is 4.90 Å². The molecular formula is C41H64ClFN5O8P. The Morgan fingerprint density at radius 1 is 1.00 bits per heavy atom. The summed E-state index contributed by atoms with van der Waals surface area (Å²) in [5.74, 6) is -0.295. The highest BCUT2D eigenvalue weighted by atomic mass is 35.5. The van der Waals surface area contributed by atoms with Crippen LogP contribution in [0.15, 0.2) is 36.7 Å². The predicted molar refractivity (Wildman–Crippen MR) is 218 cm³/mol.